The van der Waals surface area contributed by atoms with E-state index in [2.05, 4.69) is 26.2 Å². The van der Waals surface area contributed by atoms with Crippen LogP contribution < -0.4 is 0 Å². The van der Waals surface area contributed by atoms with Crippen LogP contribution in [0, 0.1) is 6.92 Å². The lowest BCUT2D eigenvalue weighted by Crippen LogP contribution is -2.43. The number of halogens is 3. The maximum absolute atomic E-state index is 13.3. The lowest BCUT2D eigenvalue weighted by molar-refractivity contribution is -0.00791. The fourth-order valence-corrected chi connectivity index (χ4v) is 5.67. The molecule has 1 aliphatic rings. The highest BCUT2D eigenvalue weighted by molar-refractivity contribution is 9.10. The monoisotopic (exact) mass is 600 g/mol. The van der Waals surface area contributed by atoms with Crippen LogP contribution in [0.2, 0.25) is 10.0 Å². The van der Waals surface area contributed by atoms with Crippen molar-refractivity contribution in [3.8, 4) is 5.69 Å². The molecule has 4 rings (SSSR count). The fourth-order valence-electron chi connectivity index (χ4n) is 3.88. The van der Waals surface area contributed by atoms with Crippen LogP contribution in [0.25, 0.3) is 5.69 Å². The number of benzene rings is 2. The predicted molar refractivity (Wildman–Crippen MR) is 137 cm³/mol. The summed E-state index contributed by atoms with van der Waals surface area (Å²) in [6.45, 7) is 2.99. The van der Waals surface area contributed by atoms with Crippen LogP contribution in [-0.4, -0.2) is 59.7 Å². The summed E-state index contributed by atoms with van der Waals surface area (Å²) in [4.78, 5) is 15.1. The van der Waals surface area contributed by atoms with Gasteiger partial charge in [-0.15, -0.1) is 5.10 Å². The number of nitrogens with zero attached hydrogens (tertiary/aromatic N) is 4. The van der Waals surface area contributed by atoms with Crippen LogP contribution in [0.15, 0.2) is 45.9 Å². The van der Waals surface area contributed by atoms with Gasteiger partial charge in [-0.2, -0.15) is 0 Å². The highest BCUT2D eigenvalue weighted by atomic mass is 79.9. The average Bonchev–Trinajstić information content (AvgIpc) is 3.27. The van der Waals surface area contributed by atoms with Gasteiger partial charge in [0.15, 0.2) is 9.84 Å². The van der Waals surface area contributed by atoms with E-state index in [0.29, 0.717) is 50.1 Å². The molecular weight excluding hydrogens is 579 g/mol. The topological polar surface area (TPSA) is 94.4 Å². The summed E-state index contributed by atoms with van der Waals surface area (Å²) in [5.74, 6) is -0.217. The van der Waals surface area contributed by atoms with Crippen LogP contribution in [0.1, 0.15) is 34.5 Å². The summed E-state index contributed by atoms with van der Waals surface area (Å²) in [5.41, 5.74) is 2.38. The van der Waals surface area contributed by atoms with Crippen LogP contribution in [-0.2, 0) is 21.2 Å². The Morgan fingerprint density at radius 2 is 1.91 bits per heavy atom. The normalized spacial score (nSPS) is 16.5. The second-order valence-corrected chi connectivity index (χ2v) is 12.2. The maximum atomic E-state index is 13.3. The number of likely N-dealkylation sites (tertiary alicyclic amines) is 1. The van der Waals surface area contributed by atoms with Crippen molar-refractivity contribution >= 4 is 54.9 Å². The molecule has 1 aliphatic heterocycles. The zero-order valence-electron chi connectivity index (χ0n) is 19.0. The Labute approximate surface area is 222 Å². The number of rotatable bonds is 6. The minimum Gasteiger partial charge on any atom is -0.370 e. The number of carbonyl (C=O) groups excluding carboxylic acids is 1. The van der Waals surface area contributed by atoms with Crippen LogP contribution >= 0.6 is 39.1 Å². The molecule has 0 N–H and O–H groups in total. The molecule has 2 heterocycles. The first-order valence-electron chi connectivity index (χ1n) is 10.8. The molecule has 1 fully saturated rings. The minimum atomic E-state index is -3.46. The van der Waals surface area contributed by atoms with Crippen molar-refractivity contribution in [3.05, 3.63) is 67.9 Å². The van der Waals surface area contributed by atoms with Crippen molar-refractivity contribution < 1.29 is 17.9 Å². The Bertz CT molecular complexity index is 1360. The van der Waals surface area contributed by atoms with E-state index in [9.17, 15) is 13.2 Å². The summed E-state index contributed by atoms with van der Waals surface area (Å²) < 4.78 is 32.3. The number of amides is 1. The molecule has 0 bridgehead atoms. The van der Waals surface area contributed by atoms with Gasteiger partial charge < -0.3 is 9.64 Å². The van der Waals surface area contributed by atoms with Gasteiger partial charge in [-0.3, -0.25) is 4.79 Å². The molecular formula is C23H23BrCl2N4O4S. The van der Waals surface area contributed by atoms with E-state index < -0.39 is 9.84 Å². The molecule has 1 aromatic heterocycles. The van der Waals surface area contributed by atoms with Gasteiger partial charge in [0.05, 0.1) is 29.5 Å². The summed E-state index contributed by atoms with van der Waals surface area (Å²) in [7, 11) is -3.46. The minimum absolute atomic E-state index is 0.104. The van der Waals surface area contributed by atoms with Gasteiger partial charge in [0.25, 0.3) is 5.91 Å². The van der Waals surface area contributed by atoms with Crippen molar-refractivity contribution in [1.82, 2.24) is 19.9 Å². The average molecular weight is 602 g/mol. The summed E-state index contributed by atoms with van der Waals surface area (Å²) in [5, 5.41) is 9.26. The molecule has 1 amide bonds. The Balaban J connectivity index is 1.43. The van der Waals surface area contributed by atoms with Gasteiger partial charge in [-0.1, -0.05) is 44.3 Å². The molecule has 35 heavy (non-hydrogen) atoms. The number of carbonyl (C=O) groups is 1. The van der Waals surface area contributed by atoms with Gasteiger partial charge in [0.1, 0.15) is 5.69 Å². The van der Waals surface area contributed by atoms with Crippen molar-refractivity contribution in [3.63, 3.8) is 0 Å². The summed E-state index contributed by atoms with van der Waals surface area (Å²) in [6, 6.07) is 8.07. The standard InChI is InChI=1S/C23H23BrCl2N4O4S/c1-14-21(9-20(10-22(14)24)35(2,32)33)23(31)29-5-3-4-19(12-29)34-13-17-11-30(28-27-17)18-7-15(25)6-16(26)8-18/h6-11,19H,3-5,12-13H2,1-2H3. The quantitative estimate of drug-likeness (QED) is 0.400. The molecule has 186 valence electrons. The molecule has 1 unspecified atom stereocenters. The SMILES string of the molecule is Cc1c(Br)cc(S(C)(=O)=O)cc1C(=O)N1CCCC(OCc2cn(-c3cc(Cl)cc(Cl)c3)nn2)C1. The van der Waals surface area contributed by atoms with Gasteiger partial charge >= 0.3 is 0 Å². The molecule has 8 nitrogen and oxygen atoms in total. The van der Waals surface area contributed by atoms with Gasteiger partial charge in [-0.25, -0.2) is 13.1 Å². The lowest BCUT2D eigenvalue weighted by Gasteiger charge is -2.33. The number of hydrogen-bond donors (Lipinski definition) is 0. The van der Waals surface area contributed by atoms with Gasteiger partial charge in [0, 0.05) is 39.4 Å². The molecule has 0 saturated carbocycles. The predicted octanol–water partition coefficient (Wildman–Crippen LogP) is 4.87. The van der Waals surface area contributed by atoms with E-state index in [1.807, 2.05) is 0 Å². The number of sulfone groups is 1. The molecule has 1 atom stereocenters. The molecule has 1 saturated heterocycles. The zero-order valence-corrected chi connectivity index (χ0v) is 23.0. The number of aromatic nitrogens is 3. The highest BCUT2D eigenvalue weighted by Gasteiger charge is 2.27. The molecule has 2 aromatic carbocycles. The van der Waals surface area contributed by atoms with Crippen LogP contribution in [0.3, 0.4) is 0 Å². The Morgan fingerprint density at radius 3 is 2.60 bits per heavy atom. The molecule has 3 aromatic rings. The Morgan fingerprint density at radius 1 is 1.20 bits per heavy atom. The first-order valence-corrected chi connectivity index (χ1v) is 14.2. The largest absolute Gasteiger partial charge is 0.370 e. The summed E-state index contributed by atoms with van der Waals surface area (Å²) >= 11 is 15.5. The van der Waals surface area contributed by atoms with E-state index in [4.69, 9.17) is 27.9 Å². The van der Waals surface area contributed by atoms with Crippen molar-refractivity contribution in [2.45, 2.75) is 37.4 Å². The Hall–Kier alpha value is -1.98. The van der Waals surface area contributed by atoms with E-state index in [1.54, 1.807) is 40.9 Å². The van der Waals surface area contributed by atoms with Crippen LogP contribution in [0.4, 0.5) is 0 Å². The third-order valence-electron chi connectivity index (χ3n) is 5.76. The van der Waals surface area contributed by atoms with E-state index in [0.717, 1.165) is 19.1 Å². The summed E-state index contributed by atoms with van der Waals surface area (Å²) in [6.07, 6.45) is 4.26. The molecule has 0 aliphatic carbocycles. The van der Waals surface area contributed by atoms with E-state index in [1.165, 1.54) is 12.1 Å². The Kier molecular flexibility index (Phi) is 7.87. The van der Waals surface area contributed by atoms with Gasteiger partial charge in [-0.05, 0) is 55.7 Å². The van der Waals surface area contributed by atoms with Gasteiger partial charge in [0.2, 0.25) is 0 Å². The molecule has 12 heteroatoms. The van der Waals surface area contributed by atoms with Crippen molar-refractivity contribution in [1.29, 1.82) is 0 Å². The molecule has 0 radical (unpaired) electrons. The third-order valence-corrected chi connectivity index (χ3v) is 8.11. The fraction of sp³-hybridized carbons (Fsp3) is 0.348. The van der Waals surface area contributed by atoms with Crippen molar-refractivity contribution in [2.75, 3.05) is 19.3 Å². The zero-order chi connectivity index (χ0) is 25.3. The second kappa shape index (κ2) is 10.6. The number of hydrogen-bond acceptors (Lipinski definition) is 6. The first kappa shape index (κ1) is 26.1. The highest BCUT2D eigenvalue weighted by Crippen LogP contribution is 2.27. The van der Waals surface area contributed by atoms with Crippen LogP contribution in [0.5, 0.6) is 0 Å². The van der Waals surface area contributed by atoms with E-state index >= 15 is 0 Å². The third kappa shape index (κ3) is 6.24. The first-order chi connectivity index (χ1) is 16.5. The van der Waals surface area contributed by atoms with E-state index in [-0.39, 0.29) is 23.5 Å². The second-order valence-electron chi connectivity index (χ2n) is 8.46. The number of piperidine rings is 1. The number of ether oxygens (including phenoxy) is 1. The maximum Gasteiger partial charge on any atom is 0.254 e. The van der Waals surface area contributed by atoms with Crippen molar-refractivity contribution in [2.24, 2.45) is 0 Å². The smallest absolute Gasteiger partial charge is 0.254 e. The lowest BCUT2D eigenvalue weighted by atomic mass is 10.0. The molecule has 0 spiro atoms.